The van der Waals surface area contributed by atoms with E-state index in [4.69, 9.17) is 5.26 Å². The topological polar surface area (TPSA) is 70.2 Å². The third-order valence-corrected chi connectivity index (χ3v) is 3.06. The van der Waals surface area contributed by atoms with Crippen molar-refractivity contribution in [3.63, 3.8) is 0 Å². The van der Waals surface area contributed by atoms with Crippen molar-refractivity contribution in [2.45, 2.75) is 6.54 Å². The summed E-state index contributed by atoms with van der Waals surface area (Å²) < 4.78 is 13.3. The van der Waals surface area contributed by atoms with Gasteiger partial charge in [-0.05, 0) is 30.3 Å². The number of anilines is 1. The minimum Gasteiger partial charge on any atom is -0.370 e. The number of benzene rings is 2. The van der Waals surface area contributed by atoms with Gasteiger partial charge >= 0.3 is 0 Å². The molecule has 6 heteroatoms. The van der Waals surface area contributed by atoms with Crippen LogP contribution in [0, 0.1) is 27.3 Å². The normalized spacial score (nSPS) is 9.95. The summed E-state index contributed by atoms with van der Waals surface area (Å²) in [6.45, 7) is 0.170. The zero-order chi connectivity index (χ0) is 15.4. The van der Waals surface area contributed by atoms with E-state index in [1.165, 1.54) is 0 Å². The average molecular weight is 285 g/mol. The second-order valence-corrected chi connectivity index (χ2v) is 4.55. The van der Waals surface area contributed by atoms with E-state index >= 15 is 0 Å². The molecule has 0 fully saturated rings. The third-order valence-electron chi connectivity index (χ3n) is 3.06. The first-order valence-corrected chi connectivity index (χ1v) is 6.15. The molecule has 0 unspecified atom stereocenters. The highest BCUT2D eigenvalue weighted by molar-refractivity contribution is 5.52. The molecule has 0 aliphatic heterocycles. The first kappa shape index (κ1) is 14.5. The summed E-state index contributed by atoms with van der Waals surface area (Å²) in [6, 6.07) is 12.3. The highest BCUT2D eigenvalue weighted by atomic mass is 19.1. The first-order chi connectivity index (χ1) is 10.0. The standard InChI is InChI=1S/C15H12FN3O2/c1-18(14-4-2-3-11(7-14)9-17)10-12-8-13(16)5-6-15(12)19(20)21/h2-8H,10H2,1H3. The van der Waals surface area contributed by atoms with Crippen LogP contribution < -0.4 is 4.90 Å². The molecule has 0 spiro atoms. The summed E-state index contributed by atoms with van der Waals surface area (Å²) in [5.74, 6) is -0.519. The van der Waals surface area contributed by atoms with Gasteiger partial charge in [0, 0.05) is 25.3 Å². The largest absolute Gasteiger partial charge is 0.370 e. The predicted octanol–water partition coefficient (Wildman–Crippen LogP) is 3.24. The number of hydrogen-bond donors (Lipinski definition) is 0. The molecule has 0 heterocycles. The fraction of sp³-hybridized carbons (Fsp3) is 0.133. The molecule has 0 saturated heterocycles. The van der Waals surface area contributed by atoms with Gasteiger partial charge in [-0.3, -0.25) is 10.1 Å². The molecule has 0 radical (unpaired) electrons. The molecule has 0 atom stereocenters. The number of nitro groups is 1. The number of nitriles is 1. The fourth-order valence-corrected chi connectivity index (χ4v) is 2.02. The van der Waals surface area contributed by atoms with Crippen LogP contribution in [-0.4, -0.2) is 12.0 Å². The van der Waals surface area contributed by atoms with E-state index in [0.29, 0.717) is 5.56 Å². The van der Waals surface area contributed by atoms with Gasteiger partial charge in [0.2, 0.25) is 0 Å². The maximum absolute atomic E-state index is 13.3. The summed E-state index contributed by atoms with van der Waals surface area (Å²) in [5.41, 5.74) is 1.38. The van der Waals surface area contributed by atoms with E-state index in [1.807, 2.05) is 6.07 Å². The zero-order valence-electron chi connectivity index (χ0n) is 11.3. The van der Waals surface area contributed by atoms with E-state index in [0.717, 1.165) is 23.9 Å². The predicted molar refractivity (Wildman–Crippen MR) is 76.3 cm³/mol. The highest BCUT2D eigenvalue weighted by Crippen LogP contribution is 2.23. The van der Waals surface area contributed by atoms with Crippen LogP contribution in [0.2, 0.25) is 0 Å². The third kappa shape index (κ3) is 3.34. The second-order valence-electron chi connectivity index (χ2n) is 4.55. The van der Waals surface area contributed by atoms with Gasteiger partial charge in [-0.1, -0.05) is 6.07 Å². The summed E-state index contributed by atoms with van der Waals surface area (Å²) in [7, 11) is 1.73. The molecule has 5 nitrogen and oxygen atoms in total. The average Bonchev–Trinajstić information content (AvgIpc) is 2.47. The molecule has 2 rings (SSSR count). The molecule has 0 aliphatic rings. The molecule has 2 aromatic rings. The van der Waals surface area contributed by atoms with Crippen LogP contribution in [0.25, 0.3) is 0 Å². The lowest BCUT2D eigenvalue weighted by Crippen LogP contribution is -2.17. The van der Waals surface area contributed by atoms with E-state index < -0.39 is 10.7 Å². The van der Waals surface area contributed by atoms with Crippen molar-refractivity contribution >= 4 is 11.4 Å². The summed E-state index contributed by atoms with van der Waals surface area (Å²) >= 11 is 0. The van der Waals surface area contributed by atoms with Crippen LogP contribution in [0.1, 0.15) is 11.1 Å². The highest BCUT2D eigenvalue weighted by Gasteiger charge is 2.16. The quantitative estimate of drug-likeness (QED) is 0.638. The van der Waals surface area contributed by atoms with Gasteiger partial charge in [0.05, 0.1) is 22.1 Å². The molecule has 0 saturated carbocycles. The summed E-state index contributed by atoms with van der Waals surface area (Å²) in [4.78, 5) is 12.2. The van der Waals surface area contributed by atoms with E-state index in [-0.39, 0.29) is 17.8 Å². The van der Waals surface area contributed by atoms with Crippen molar-refractivity contribution < 1.29 is 9.31 Å². The maximum atomic E-state index is 13.3. The Morgan fingerprint density at radius 3 is 2.76 bits per heavy atom. The molecule has 0 bridgehead atoms. The van der Waals surface area contributed by atoms with Gasteiger partial charge in [0.1, 0.15) is 5.82 Å². The molecular formula is C15H12FN3O2. The Bertz CT molecular complexity index is 725. The number of hydrogen-bond acceptors (Lipinski definition) is 4. The van der Waals surface area contributed by atoms with Crippen molar-refractivity contribution in [3.8, 4) is 6.07 Å². The van der Waals surface area contributed by atoms with E-state index in [2.05, 4.69) is 0 Å². The monoisotopic (exact) mass is 285 g/mol. The fourth-order valence-electron chi connectivity index (χ4n) is 2.02. The molecule has 0 aromatic heterocycles. The molecular weight excluding hydrogens is 273 g/mol. The number of rotatable bonds is 4. The first-order valence-electron chi connectivity index (χ1n) is 6.15. The Hall–Kier alpha value is -2.94. The summed E-state index contributed by atoms with van der Waals surface area (Å²) in [5, 5.41) is 19.9. The van der Waals surface area contributed by atoms with Crippen LogP contribution in [0.4, 0.5) is 15.8 Å². The zero-order valence-corrected chi connectivity index (χ0v) is 11.3. The van der Waals surface area contributed by atoms with Crippen LogP contribution in [0.3, 0.4) is 0 Å². The molecule has 0 N–H and O–H groups in total. The molecule has 21 heavy (non-hydrogen) atoms. The maximum Gasteiger partial charge on any atom is 0.274 e. The van der Waals surface area contributed by atoms with E-state index in [1.54, 1.807) is 36.2 Å². The van der Waals surface area contributed by atoms with E-state index in [9.17, 15) is 14.5 Å². The Morgan fingerprint density at radius 2 is 2.10 bits per heavy atom. The van der Waals surface area contributed by atoms with Gasteiger partial charge < -0.3 is 4.90 Å². The minimum atomic E-state index is -0.533. The Labute approximate surface area is 121 Å². The van der Waals surface area contributed by atoms with Gasteiger partial charge in [0.15, 0.2) is 0 Å². The summed E-state index contributed by atoms with van der Waals surface area (Å²) in [6.07, 6.45) is 0. The number of nitro benzene ring substituents is 1. The second kappa shape index (κ2) is 6.01. The number of nitrogens with zero attached hydrogens (tertiary/aromatic N) is 3. The lowest BCUT2D eigenvalue weighted by Gasteiger charge is -2.19. The van der Waals surface area contributed by atoms with Crippen LogP contribution >= 0.6 is 0 Å². The van der Waals surface area contributed by atoms with Crippen molar-refractivity contribution in [1.29, 1.82) is 5.26 Å². The van der Waals surface area contributed by atoms with Crippen LogP contribution in [0.5, 0.6) is 0 Å². The van der Waals surface area contributed by atoms with Crippen LogP contribution in [0.15, 0.2) is 42.5 Å². The van der Waals surface area contributed by atoms with Crippen molar-refractivity contribution in [2.24, 2.45) is 0 Å². The lowest BCUT2D eigenvalue weighted by molar-refractivity contribution is -0.385. The SMILES string of the molecule is CN(Cc1cc(F)ccc1[N+](=O)[O-])c1cccc(C#N)c1. The minimum absolute atomic E-state index is 0.125. The molecule has 106 valence electrons. The lowest BCUT2D eigenvalue weighted by atomic mass is 10.1. The number of halogens is 1. The van der Waals surface area contributed by atoms with Crippen molar-refractivity contribution in [1.82, 2.24) is 0 Å². The van der Waals surface area contributed by atoms with Gasteiger partial charge in [-0.15, -0.1) is 0 Å². The van der Waals surface area contributed by atoms with Crippen LogP contribution in [-0.2, 0) is 6.54 Å². The molecule has 0 aliphatic carbocycles. The van der Waals surface area contributed by atoms with Gasteiger partial charge in [-0.25, -0.2) is 4.39 Å². The van der Waals surface area contributed by atoms with Gasteiger partial charge in [-0.2, -0.15) is 5.26 Å². The Kier molecular flexibility index (Phi) is 4.14. The van der Waals surface area contributed by atoms with Crippen molar-refractivity contribution in [3.05, 3.63) is 69.5 Å². The smallest absolute Gasteiger partial charge is 0.274 e. The Morgan fingerprint density at radius 1 is 1.33 bits per heavy atom. The molecule has 0 amide bonds. The Balaban J connectivity index is 2.31. The molecule has 2 aromatic carbocycles. The van der Waals surface area contributed by atoms with Crippen molar-refractivity contribution in [2.75, 3.05) is 11.9 Å². The van der Waals surface area contributed by atoms with Gasteiger partial charge in [0.25, 0.3) is 5.69 Å².